The molecule has 2 unspecified atom stereocenters. The number of nitrogens with two attached hydrogens (primary N) is 1. The lowest BCUT2D eigenvalue weighted by Gasteiger charge is -2.32. The van der Waals surface area contributed by atoms with Crippen molar-refractivity contribution in [2.24, 2.45) is 11.7 Å². The van der Waals surface area contributed by atoms with Crippen LogP contribution in [0.25, 0.3) is 0 Å². The van der Waals surface area contributed by atoms with Crippen LogP contribution in [-0.4, -0.2) is 60.6 Å². The van der Waals surface area contributed by atoms with Gasteiger partial charge in [-0.05, 0) is 30.7 Å². The first kappa shape index (κ1) is 22.2. The Labute approximate surface area is 171 Å². The minimum Gasteiger partial charge on any atom is -0.368 e. The molecule has 164 valence electrons. The Bertz CT molecular complexity index is 787. The maximum atomic E-state index is 12.7. The average molecular weight is 427 g/mol. The highest BCUT2D eigenvalue weighted by molar-refractivity contribution is 5.88. The third kappa shape index (κ3) is 5.37. The Morgan fingerprint density at radius 1 is 1.27 bits per heavy atom. The van der Waals surface area contributed by atoms with Crippen LogP contribution in [0.4, 0.5) is 13.2 Å². The van der Waals surface area contributed by atoms with E-state index in [4.69, 9.17) is 5.73 Å². The molecule has 2 heterocycles. The van der Waals surface area contributed by atoms with Gasteiger partial charge in [-0.1, -0.05) is 30.3 Å². The van der Waals surface area contributed by atoms with E-state index in [1.54, 1.807) is 4.90 Å². The Morgan fingerprint density at radius 2 is 1.97 bits per heavy atom. The van der Waals surface area contributed by atoms with Crippen molar-refractivity contribution in [3.05, 3.63) is 35.9 Å². The summed E-state index contributed by atoms with van der Waals surface area (Å²) in [6, 6.07) is 7.42. The van der Waals surface area contributed by atoms with Gasteiger partial charge in [-0.15, -0.1) is 13.2 Å². The number of benzene rings is 1. The molecular weight excluding hydrogens is 403 g/mol. The molecule has 3 rings (SSSR count). The maximum absolute atomic E-state index is 12.7. The predicted octanol–water partition coefficient (Wildman–Crippen LogP) is 1.33. The molecule has 0 aromatic heterocycles. The summed E-state index contributed by atoms with van der Waals surface area (Å²) in [6.07, 6.45) is -4.12. The zero-order valence-electron chi connectivity index (χ0n) is 16.2. The van der Waals surface area contributed by atoms with Gasteiger partial charge >= 0.3 is 6.36 Å². The number of halogens is 3. The molecular formula is C20H24F3N3O4. The van der Waals surface area contributed by atoms with E-state index >= 15 is 0 Å². The molecule has 0 aliphatic carbocycles. The minimum absolute atomic E-state index is 0.0111. The van der Waals surface area contributed by atoms with E-state index in [2.05, 4.69) is 10.1 Å². The van der Waals surface area contributed by atoms with E-state index in [9.17, 15) is 27.6 Å². The highest BCUT2D eigenvalue weighted by atomic mass is 19.4. The fraction of sp³-hybridized carbons (Fsp3) is 0.550. The van der Waals surface area contributed by atoms with Gasteiger partial charge in [-0.2, -0.15) is 0 Å². The SMILES string of the molecule is NC(=O)C1CC(c2ccccc2)CN1[C@@H](C[C@@H]1CCNC1=O)C(=O)COC(F)(F)F. The first-order valence-corrected chi connectivity index (χ1v) is 9.77. The summed E-state index contributed by atoms with van der Waals surface area (Å²) in [7, 11) is 0. The van der Waals surface area contributed by atoms with Crippen LogP contribution >= 0.6 is 0 Å². The molecule has 0 spiro atoms. The molecule has 2 saturated heterocycles. The second kappa shape index (κ2) is 9.13. The van der Waals surface area contributed by atoms with Gasteiger partial charge in [0.15, 0.2) is 5.78 Å². The maximum Gasteiger partial charge on any atom is 0.522 e. The van der Waals surface area contributed by atoms with Crippen molar-refractivity contribution in [3.63, 3.8) is 0 Å². The fourth-order valence-electron chi connectivity index (χ4n) is 4.29. The van der Waals surface area contributed by atoms with E-state index in [0.717, 1.165) is 5.56 Å². The highest BCUT2D eigenvalue weighted by Gasteiger charge is 2.44. The molecule has 1 aromatic rings. The van der Waals surface area contributed by atoms with Crippen molar-refractivity contribution in [1.82, 2.24) is 10.2 Å². The number of Topliss-reactive ketones (excluding diaryl/α,β-unsaturated/α-hetero) is 1. The number of nitrogens with one attached hydrogen (secondary N) is 1. The van der Waals surface area contributed by atoms with Crippen molar-refractivity contribution in [2.75, 3.05) is 19.7 Å². The highest BCUT2D eigenvalue weighted by Crippen LogP contribution is 2.35. The third-order valence-electron chi connectivity index (χ3n) is 5.76. The number of carbonyl (C=O) groups excluding carboxylic acids is 3. The van der Waals surface area contributed by atoms with Gasteiger partial charge < -0.3 is 11.1 Å². The van der Waals surface area contributed by atoms with Crippen LogP contribution in [0.1, 0.15) is 30.7 Å². The third-order valence-corrected chi connectivity index (χ3v) is 5.76. The molecule has 2 aliphatic rings. The molecule has 3 N–H and O–H groups in total. The quantitative estimate of drug-likeness (QED) is 0.652. The first-order valence-electron chi connectivity index (χ1n) is 9.77. The number of hydrogen-bond acceptors (Lipinski definition) is 5. The topological polar surface area (TPSA) is 102 Å². The number of carbonyl (C=O) groups is 3. The van der Waals surface area contributed by atoms with Crippen molar-refractivity contribution >= 4 is 17.6 Å². The average Bonchev–Trinajstić information content (AvgIpc) is 3.31. The lowest BCUT2D eigenvalue weighted by Crippen LogP contribution is -2.51. The van der Waals surface area contributed by atoms with Gasteiger partial charge in [-0.3, -0.25) is 24.0 Å². The molecule has 0 radical (unpaired) electrons. The van der Waals surface area contributed by atoms with E-state index in [-0.39, 0.29) is 24.8 Å². The number of ketones is 1. The Morgan fingerprint density at radius 3 is 2.53 bits per heavy atom. The Kier molecular flexibility index (Phi) is 6.77. The van der Waals surface area contributed by atoms with E-state index in [1.807, 2.05) is 30.3 Å². The second-order valence-corrected chi connectivity index (χ2v) is 7.69. The van der Waals surface area contributed by atoms with Gasteiger partial charge in [-0.25, -0.2) is 0 Å². The van der Waals surface area contributed by atoms with Crippen LogP contribution < -0.4 is 11.1 Å². The summed E-state index contributed by atoms with van der Waals surface area (Å²) in [4.78, 5) is 38.4. The van der Waals surface area contributed by atoms with Crippen LogP contribution in [0, 0.1) is 5.92 Å². The van der Waals surface area contributed by atoms with Gasteiger partial charge in [0.2, 0.25) is 11.8 Å². The molecule has 10 heteroatoms. The molecule has 2 amide bonds. The molecule has 30 heavy (non-hydrogen) atoms. The number of rotatable bonds is 8. The van der Waals surface area contributed by atoms with Crippen molar-refractivity contribution in [3.8, 4) is 0 Å². The minimum atomic E-state index is -4.95. The lowest BCUT2D eigenvalue weighted by atomic mass is 9.94. The molecule has 2 aliphatic heterocycles. The summed E-state index contributed by atoms with van der Waals surface area (Å²) in [5.41, 5.74) is 6.51. The lowest BCUT2D eigenvalue weighted by molar-refractivity contribution is -0.321. The zero-order valence-corrected chi connectivity index (χ0v) is 16.2. The summed E-state index contributed by atoms with van der Waals surface area (Å²) < 4.78 is 41.2. The summed E-state index contributed by atoms with van der Waals surface area (Å²) in [6.45, 7) is -0.468. The number of primary amides is 1. The first-order chi connectivity index (χ1) is 14.2. The second-order valence-electron chi connectivity index (χ2n) is 7.69. The van der Waals surface area contributed by atoms with E-state index < -0.39 is 42.7 Å². The van der Waals surface area contributed by atoms with E-state index in [1.165, 1.54) is 0 Å². The van der Waals surface area contributed by atoms with Crippen molar-refractivity contribution in [1.29, 1.82) is 0 Å². The molecule has 4 atom stereocenters. The molecule has 1 aromatic carbocycles. The standard InChI is InChI=1S/C20H24F3N3O4/c21-20(22,23)30-11-17(27)15(8-13-6-7-25-19(13)29)26-10-14(9-16(26)18(24)28)12-4-2-1-3-5-12/h1-5,13-16H,6-11H2,(H2,24,28)(H,25,29)/t13-,14?,15-,16?/m0/s1. The van der Waals surface area contributed by atoms with Crippen LogP contribution in [0.15, 0.2) is 30.3 Å². The van der Waals surface area contributed by atoms with Gasteiger partial charge in [0.25, 0.3) is 0 Å². The number of nitrogens with zero attached hydrogens (tertiary/aromatic N) is 1. The normalized spacial score (nSPS) is 25.8. The van der Waals surface area contributed by atoms with Crippen molar-refractivity contribution in [2.45, 2.75) is 43.6 Å². The van der Waals surface area contributed by atoms with Crippen LogP contribution in [0.3, 0.4) is 0 Å². The fourth-order valence-corrected chi connectivity index (χ4v) is 4.29. The van der Waals surface area contributed by atoms with Crippen LogP contribution in [-0.2, 0) is 19.1 Å². The molecule has 0 bridgehead atoms. The number of hydrogen-bond donors (Lipinski definition) is 2. The predicted molar refractivity (Wildman–Crippen MR) is 100 cm³/mol. The molecule has 7 nitrogen and oxygen atoms in total. The monoisotopic (exact) mass is 427 g/mol. The number of ether oxygens (including phenoxy) is 1. The van der Waals surface area contributed by atoms with E-state index in [0.29, 0.717) is 19.4 Å². The molecule has 2 fully saturated rings. The van der Waals surface area contributed by atoms with Gasteiger partial charge in [0, 0.05) is 19.0 Å². The number of amides is 2. The van der Waals surface area contributed by atoms with Gasteiger partial charge in [0.1, 0.15) is 6.61 Å². The zero-order chi connectivity index (χ0) is 21.9. The van der Waals surface area contributed by atoms with Crippen molar-refractivity contribution < 1.29 is 32.3 Å². The Balaban J connectivity index is 1.84. The summed E-state index contributed by atoms with van der Waals surface area (Å²) in [5, 5.41) is 2.66. The summed E-state index contributed by atoms with van der Waals surface area (Å²) >= 11 is 0. The Hall–Kier alpha value is -2.46. The summed E-state index contributed by atoms with van der Waals surface area (Å²) in [5.74, 6) is -2.36. The molecule has 0 saturated carbocycles. The van der Waals surface area contributed by atoms with Crippen LogP contribution in [0.2, 0.25) is 0 Å². The number of alkyl halides is 3. The number of likely N-dealkylation sites (tertiary alicyclic amines) is 1. The van der Waals surface area contributed by atoms with Crippen LogP contribution in [0.5, 0.6) is 0 Å². The smallest absolute Gasteiger partial charge is 0.368 e. The largest absolute Gasteiger partial charge is 0.522 e. The van der Waals surface area contributed by atoms with Gasteiger partial charge in [0.05, 0.1) is 12.1 Å².